The Balaban J connectivity index is 1.87. The van der Waals surface area contributed by atoms with E-state index in [4.69, 9.17) is 32.7 Å². The predicted octanol–water partition coefficient (Wildman–Crippen LogP) is 5.45. The maximum absolute atomic E-state index is 11.5. The first-order valence-electron chi connectivity index (χ1n) is 11.1. The summed E-state index contributed by atoms with van der Waals surface area (Å²) in [6, 6.07) is 7.47. The van der Waals surface area contributed by atoms with Gasteiger partial charge in [0.05, 0.1) is 23.2 Å². The molecule has 1 saturated heterocycles. The molecule has 180 valence electrons. The first-order chi connectivity index (χ1) is 16.1. The number of hydrogen-bond donors (Lipinski definition) is 1. The summed E-state index contributed by atoms with van der Waals surface area (Å²) in [6.45, 7) is 9.02. The van der Waals surface area contributed by atoms with Crippen molar-refractivity contribution in [1.82, 2.24) is 9.80 Å². The van der Waals surface area contributed by atoms with E-state index in [1.54, 1.807) is 13.2 Å². The lowest BCUT2D eigenvalue weighted by Crippen LogP contribution is -2.55. The van der Waals surface area contributed by atoms with Crippen LogP contribution in [0.1, 0.15) is 11.1 Å². The Bertz CT molecular complexity index is 1190. The third-order valence-corrected chi connectivity index (χ3v) is 7.54. The predicted molar refractivity (Wildman–Crippen MR) is 138 cm³/mol. The molecule has 6 nitrogen and oxygen atoms in total. The molecule has 34 heavy (non-hydrogen) atoms. The maximum atomic E-state index is 11.5. The zero-order valence-corrected chi connectivity index (χ0v) is 22.3. The molecule has 2 aliphatic heterocycles. The number of methoxy groups -OCH3 is 1. The van der Waals surface area contributed by atoms with E-state index in [0.717, 1.165) is 11.1 Å². The van der Waals surface area contributed by atoms with Crippen molar-refractivity contribution in [2.24, 2.45) is 0 Å². The lowest BCUT2D eigenvalue weighted by molar-refractivity contribution is 0.0503. The van der Waals surface area contributed by atoms with Crippen molar-refractivity contribution >= 4 is 37.4 Å². The molecule has 0 bridgehead atoms. The summed E-state index contributed by atoms with van der Waals surface area (Å²) in [5.41, 5.74) is 6.54. The number of hydrogen-bond acceptors (Lipinski definition) is 4. The van der Waals surface area contributed by atoms with Crippen LogP contribution in [0.5, 0.6) is 11.5 Å². The Morgan fingerprint density at radius 2 is 2.00 bits per heavy atom. The lowest BCUT2D eigenvalue weighted by atomic mass is 9.95. The van der Waals surface area contributed by atoms with Gasteiger partial charge in [-0.05, 0) is 18.2 Å². The van der Waals surface area contributed by atoms with Crippen LogP contribution in [0.15, 0.2) is 24.3 Å². The molecule has 2 aromatic carbocycles. The van der Waals surface area contributed by atoms with Gasteiger partial charge in [0.15, 0.2) is 0 Å². The fourth-order valence-corrected chi connectivity index (χ4v) is 5.45. The first-order valence-corrected chi connectivity index (χ1v) is 15.4. The van der Waals surface area contributed by atoms with Crippen LogP contribution in [0.3, 0.4) is 0 Å². The number of ether oxygens (including phenoxy) is 2. The van der Waals surface area contributed by atoms with Crippen LogP contribution in [0.2, 0.25) is 29.7 Å². The van der Waals surface area contributed by atoms with Crippen molar-refractivity contribution in [3.8, 4) is 34.1 Å². The number of rotatable bonds is 2. The summed E-state index contributed by atoms with van der Waals surface area (Å²) in [5, 5.41) is 10.4. The molecule has 2 aromatic rings. The Labute approximate surface area is 211 Å². The molecule has 1 fully saturated rings. The van der Waals surface area contributed by atoms with Crippen LogP contribution in [0.25, 0.3) is 11.1 Å². The number of halogens is 2. The van der Waals surface area contributed by atoms with Crippen molar-refractivity contribution in [2.75, 3.05) is 33.4 Å². The Morgan fingerprint density at radius 1 is 1.24 bits per heavy atom. The van der Waals surface area contributed by atoms with Crippen molar-refractivity contribution in [3.05, 3.63) is 45.4 Å². The minimum Gasteiger partial charge on any atom is -0.496 e. The van der Waals surface area contributed by atoms with E-state index >= 15 is 0 Å². The Morgan fingerprint density at radius 3 is 2.68 bits per heavy atom. The van der Waals surface area contributed by atoms with E-state index in [1.807, 2.05) is 18.2 Å². The zero-order valence-electron chi connectivity index (χ0n) is 19.7. The Hall–Kier alpha value is -2.37. The summed E-state index contributed by atoms with van der Waals surface area (Å²) < 4.78 is 11.9. The number of amides is 1. The second-order valence-corrected chi connectivity index (χ2v) is 15.1. The van der Waals surface area contributed by atoms with Gasteiger partial charge in [0.2, 0.25) is 0 Å². The maximum Gasteiger partial charge on any atom is 0.407 e. The van der Waals surface area contributed by atoms with Crippen molar-refractivity contribution in [3.63, 3.8) is 0 Å². The molecule has 1 atom stereocenters. The SMILES string of the molecule is COc1cccc(Cl)c1-c1c(C#C[Si](C)(C)C)cc2c(c1Cl)OC[C@H]1CN(C(=O)O)CCN1C2. The average Bonchev–Trinajstić information content (AvgIpc) is 2.96. The average molecular weight is 520 g/mol. The summed E-state index contributed by atoms with van der Waals surface area (Å²) in [7, 11) is -0.0801. The van der Waals surface area contributed by atoms with Gasteiger partial charge in [0, 0.05) is 48.4 Å². The molecule has 0 unspecified atom stereocenters. The van der Waals surface area contributed by atoms with Gasteiger partial charge in [-0.1, -0.05) is 54.8 Å². The molecule has 1 amide bonds. The minimum absolute atomic E-state index is 0.0527. The second kappa shape index (κ2) is 9.71. The van der Waals surface area contributed by atoms with Crippen molar-refractivity contribution in [1.29, 1.82) is 0 Å². The molecule has 1 N–H and O–H groups in total. The van der Waals surface area contributed by atoms with Crippen LogP contribution in [-0.2, 0) is 6.54 Å². The highest BCUT2D eigenvalue weighted by Gasteiger charge is 2.34. The highest BCUT2D eigenvalue weighted by molar-refractivity contribution is 6.83. The molecule has 0 spiro atoms. The summed E-state index contributed by atoms with van der Waals surface area (Å²) in [6.07, 6.45) is -0.906. The monoisotopic (exact) mass is 518 g/mol. The van der Waals surface area contributed by atoms with Gasteiger partial charge in [-0.25, -0.2) is 4.79 Å². The zero-order chi connectivity index (χ0) is 24.6. The molecule has 2 aliphatic rings. The van der Waals surface area contributed by atoms with E-state index in [1.165, 1.54) is 4.90 Å². The van der Waals surface area contributed by atoms with E-state index in [9.17, 15) is 9.90 Å². The molecule has 0 aromatic heterocycles. The van der Waals surface area contributed by atoms with Gasteiger partial charge < -0.3 is 19.5 Å². The molecule has 0 aliphatic carbocycles. The van der Waals surface area contributed by atoms with Gasteiger partial charge in [-0.3, -0.25) is 4.90 Å². The van der Waals surface area contributed by atoms with E-state index in [0.29, 0.717) is 65.5 Å². The number of piperazine rings is 1. The summed E-state index contributed by atoms with van der Waals surface area (Å²) >= 11 is 13.7. The van der Waals surface area contributed by atoms with E-state index in [-0.39, 0.29) is 6.04 Å². The van der Waals surface area contributed by atoms with Crippen molar-refractivity contribution in [2.45, 2.75) is 32.2 Å². The van der Waals surface area contributed by atoms with E-state index in [2.05, 4.69) is 36.0 Å². The third-order valence-electron chi connectivity index (χ3n) is 5.98. The van der Waals surface area contributed by atoms with Crippen LogP contribution in [0.4, 0.5) is 4.79 Å². The van der Waals surface area contributed by atoms with Gasteiger partial charge in [-0.2, -0.15) is 0 Å². The summed E-state index contributed by atoms with van der Waals surface area (Å²) in [5.74, 6) is 4.58. The van der Waals surface area contributed by atoms with Crippen LogP contribution in [0, 0.1) is 11.5 Å². The number of carbonyl (C=O) groups is 1. The molecular formula is C25H28Cl2N2O4Si. The number of fused-ring (bicyclic) bond motifs is 2. The van der Waals surface area contributed by atoms with E-state index < -0.39 is 14.2 Å². The highest BCUT2D eigenvalue weighted by atomic mass is 35.5. The van der Waals surface area contributed by atoms with Gasteiger partial charge in [-0.15, -0.1) is 5.54 Å². The molecule has 2 heterocycles. The fraction of sp³-hybridized carbons (Fsp3) is 0.400. The van der Waals surface area contributed by atoms with Crippen LogP contribution >= 0.6 is 23.2 Å². The van der Waals surface area contributed by atoms with Gasteiger partial charge >= 0.3 is 6.09 Å². The first kappa shape index (κ1) is 24.7. The minimum atomic E-state index is -1.68. The molecule has 4 rings (SSSR count). The second-order valence-electron chi connectivity index (χ2n) is 9.58. The quantitative estimate of drug-likeness (QED) is 0.422. The largest absolute Gasteiger partial charge is 0.496 e. The lowest BCUT2D eigenvalue weighted by Gasteiger charge is -2.38. The third kappa shape index (κ3) is 5.01. The topological polar surface area (TPSA) is 62.2 Å². The highest BCUT2D eigenvalue weighted by Crippen LogP contribution is 2.47. The Kier molecular flexibility index (Phi) is 7.06. The van der Waals surface area contributed by atoms with Gasteiger partial charge in [0.1, 0.15) is 26.2 Å². The number of benzene rings is 2. The van der Waals surface area contributed by atoms with Crippen molar-refractivity contribution < 1.29 is 19.4 Å². The summed E-state index contributed by atoms with van der Waals surface area (Å²) in [4.78, 5) is 15.2. The number of nitrogens with zero attached hydrogens (tertiary/aromatic N) is 2. The van der Waals surface area contributed by atoms with Crippen LogP contribution in [-0.4, -0.2) is 68.5 Å². The molecule has 0 radical (unpaired) electrons. The molecular weight excluding hydrogens is 491 g/mol. The normalized spacial score (nSPS) is 18.1. The van der Waals surface area contributed by atoms with Crippen LogP contribution < -0.4 is 9.47 Å². The smallest absolute Gasteiger partial charge is 0.407 e. The number of carboxylic acid groups (broad SMARTS) is 1. The molecule has 9 heteroatoms. The fourth-order valence-electron chi connectivity index (χ4n) is 4.30. The molecule has 0 saturated carbocycles. The van der Waals surface area contributed by atoms with Gasteiger partial charge in [0.25, 0.3) is 0 Å². The standard InChI is InChI=1S/C25H28Cl2N2O4Si/c1-32-20-7-5-6-19(26)22(20)21-16(8-11-34(2,3)4)12-17-13-28-9-10-29(25(30)31)14-18(28)15-33-24(17)23(21)27/h5-7,12,18H,9-10,13-15H2,1-4H3,(H,30,31)/t18-/m1/s1.